The van der Waals surface area contributed by atoms with Gasteiger partial charge in [0.25, 0.3) is 0 Å². The zero-order valence-electron chi connectivity index (χ0n) is 12.5. The van der Waals surface area contributed by atoms with Crippen molar-refractivity contribution >= 4 is 44.0 Å². The van der Waals surface area contributed by atoms with E-state index in [9.17, 15) is 0 Å². The van der Waals surface area contributed by atoms with E-state index >= 15 is 0 Å². The summed E-state index contributed by atoms with van der Waals surface area (Å²) in [5, 5.41) is 8.25. The van der Waals surface area contributed by atoms with E-state index < -0.39 is 0 Å². The lowest BCUT2D eigenvalue weighted by atomic mass is 9.96. The normalized spacial score (nSPS) is 16.1. The van der Waals surface area contributed by atoms with E-state index in [4.69, 9.17) is 12.2 Å². The Hall–Kier alpha value is -1.20. The van der Waals surface area contributed by atoms with Crippen LogP contribution in [0.2, 0.25) is 0 Å². The van der Waals surface area contributed by atoms with E-state index in [1.54, 1.807) is 11.3 Å². The minimum absolute atomic E-state index is 0.526. The van der Waals surface area contributed by atoms with Gasteiger partial charge in [0, 0.05) is 6.04 Å². The highest BCUT2D eigenvalue weighted by molar-refractivity contribution is 7.80. The van der Waals surface area contributed by atoms with Gasteiger partial charge >= 0.3 is 0 Å². The molecule has 3 rings (SSSR count). The van der Waals surface area contributed by atoms with E-state index in [1.165, 1.54) is 47.9 Å². The van der Waals surface area contributed by atoms with Gasteiger partial charge in [-0.3, -0.25) is 0 Å². The van der Waals surface area contributed by atoms with Gasteiger partial charge in [0.15, 0.2) is 10.2 Å². The van der Waals surface area contributed by atoms with Crippen molar-refractivity contribution in [2.75, 3.05) is 5.32 Å². The smallest absolute Gasteiger partial charge is 0.190 e. The Morgan fingerprint density at radius 2 is 1.90 bits per heavy atom. The fourth-order valence-corrected chi connectivity index (χ4v) is 4.08. The summed E-state index contributed by atoms with van der Waals surface area (Å²) in [6.45, 7) is 4.26. The van der Waals surface area contributed by atoms with Crippen LogP contribution in [0, 0.1) is 13.8 Å². The van der Waals surface area contributed by atoms with Crippen LogP contribution in [-0.4, -0.2) is 16.1 Å². The maximum atomic E-state index is 5.42. The lowest BCUT2D eigenvalue weighted by molar-refractivity contribution is 0.415. The van der Waals surface area contributed by atoms with Crippen LogP contribution in [0.4, 0.5) is 5.13 Å². The van der Waals surface area contributed by atoms with Crippen LogP contribution in [0.25, 0.3) is 10.2 Å². The first-order chi connectivity index (χ1) is 10.1. The Morgan fingerprint density at radius 1 is 1.19 bits per heavy atom. The SMILES string of the molecule is Cc1cc2nc(NC(=S)NC3CCCCC3)sc2cc1C. The molecule has 5 heteroatoms. The summed E-state index contributed by atoms with van der Waals surface area (Å²) in [6.07, 6.45) is 6.41. The second-order valence-corrected chi connectivity index (χ2v) is 7.30. The maximum absolute atomic E-state index is 5.42. The number of thiazole rings is 1. The number of hydrogen-bond donors (Lipinski definition) is 2. The van der Waals surface area contributed by atoms with Gasteiger partial charge in [0.2, 0.25) is 0 Å². The highest BCUT2D eigenvalue weighted by Crippen LogP contribution is 2.28. The summed E-state index contributed by atoms with van der Waals surface area (Å²) in [5.74, 6) is 0. The molecule has 0 spiro atoms. The van der Waals surface area contributed by atoms with Gasteiger partial charge < -0.3 is 10.6 Å². The van der Waals surface area contributed by atoms with Crippen LogP contribution < -0.4 is 10.6 Å². The standard InChI is InChI=1S/C16H21N3S2/c1-10-8-13-14(9-11(10)2)21-16(18-13)19-15(20)17-12-6-4-3-5-7-12/h8-9,12H,3-7H2,1-2H3,(H2,17,18,19,20). The van der Waals surface area contributed by atoms with Crippen molar-refractivity contribution in [3.8, 4) is 0 Å². The quantitative estimate of drug-likeness (QED) is 0.797. The van der Waals surface area contributed by atoms with Gasteiger partial charge in [-0.2, -0.15) is 0 Å². The first-order valence-electron chi connectivity index (χ1n) is 7.57. The van der Waals surface area contributed by atoms with Crippen molar-refractivity contribution in [3.63, 3.8) is 0 Å². The third-order valence-corrected chi connectivity index (χ3v) is 5.32. The molecular formula is C16H21N3S2. The Kier molecular flexibility index (Phi) is 4.40. The summed E-state index contributed by atoms with van der Waals surface area (Å²) in [5.41, 5.74) is 3.63. The molecule has 1 aromatic carbocycles. The van der Waals surface area contributed by atoms with Crippen molar-refractivity contribution in [2.45, 2.75) is 52.0 Å². The number of nitrogens with zero attached hydrogens (tertiary/aromatic N) is 1. The number of aromatic nitrogens is 1. The molecule has 1 aliphatic rings. The van der Waals surface area contributed by atoms with E-state index in [-0.39, 0.29) is 0 Å². The average molecular weight is 319 g/mol. The van der Waals surface area contributed by atoms with E-state index in [1.807, 2.05) is 0 Å². The molecule has 0 unspecified atom stereocenters. The van der Waals surface area contributed by atoms with Crippen molar-refractivity contribution in [1.82, 2.24) is 10.3 Å². The molecule has 1 aliphatic carbocycles. The monoisotopic (exact) mass is 319 g/mol. The van der Waals surface area contributed by atoms with Gasteiger partial charge in [0.1, 0.15) is 0 Å². The molecule has 0 saturated heterocycles. The molecule has 0 atom stereocenters. The average Bonchev–Trinajstić information content (AvgIpc) is 2.81. The largest absolute Gasteiger partial charge is 0.360 e. The molecule has 2 N–H and O–H groups in total. The van der Waals surface area contributed by atoms with Gasteiger partial charge in [-0.15, -0.1) is 0 Å². The number of rotatable bonds is 2. The second kappa shape index (κ2) is 6.28. The number of hydrogen-bond acceptors (Lipinski definition) is 3. The first-order valence-corrected chi connectivity index (χ1v) is 8.79. The first kappa shape index (κ1) is 14.7. The Labute approximate surface area is 135 Å². The van der Waals surface area contributed by atoms with Crippen LogP contribution in [0.1, 0.15) is 43.2 Å². The Morgan fingerprint density at radius 3 is 2.67 bits per heavy atom. The van der Waals surface area contributed by atoms with E-state index in [2.05, 4.69) is 41.6 Å². The molecule has 0 bridgehead atoms. The molecule has 112 valence electrons. The van der Waals surface area contributed by atoms with Crippen molar-refractivity contribution < 1.29 is 0 Å². The predicted molar refractivity (Wildman–Crippen MR) is 95.3 cm³/mol. The van der Waals surface area contributed by atoms with Crippen LogP contribution in [0.5, 0.6) is 0 Å². The zero-order valence-corrected chi connectivity index (χ0v) is 14.2. The van der Waals surface area contributed by atoms with Crippen LogP contribution >= 0.6 is 23.6 Å². The molecule has 1 heterocycles. The summed E-state index contributed by atoms with van der Waals surface area (Å²) in [6, 6.07) is 4.87. The summed E-state index contributed by atoms with van der Waals surface area (Å²) in [7, 11) is 0. The van der Waals surface area contributed by atoms with Gasteiger partial charge in [0.05, 0.1) is 10.2 Å². The van der Waals surface area contributed by atoms with E-state index in [0.717, 1.165) is 10.6 Å². The van der Waals surface area contributed by atoms with Crippen LogP contribution in [0.15, 0.2) is 12.1 Å². The van der Waals surface area contributed by atoms with Gasteiger partial charge in [-0.25, -0.2) is 4.98 Å². The van der Waals surface area contributed by atoms with Crippen molar-refractivity contribution in [1.29, 1.82) is 0 Å². The number of benzene rings is 1. The predicted octanol–water partition coefficient (Wildman–Crippen LogP) is 4.53. The fraction of sp³-hybridized carbons (Fsp3) is 0.500. The van der Waals surface area contributed by atoms with Crippen molar-refractivity contribution in [3.05, 3.63) is 23.3 Å². The molecule has 2 aromatic rings. The minimum Gasteiger partial charge on any atom is -0.360 e. The lowest BCUT2D eigenvalue weighted by Gasteiger charge is -2.23. The molecule has 1 fully saturated rings. The molecule has 21 heavy (non-hydrogen) atoms. The lowest BCUT2D eigenvalue weighted by Crippen LogP contribution is -2.38. The number of thiocarbonyl (C=S) groups is 1. The molecule has 0 aliphatic heterocycles. The Bertz CT molecular complexity index is 618. The van der Waals surface area contributed by atoms with Crippen molar-refractivity contribution in [2.24, 2.45) is 0 Å². The third kappa shape index (κ3) is 3.52. The minimum atomic E-state index is 0.526. The maximum Gasteiger partial charge on any atom is 0.190 e. The molecule has 3 nitrogen and oxygen atoms in total. The Balaban J connectivity index is 1.68. The van der Waals surface area contributed by atoms with Gasteiger partial charge in [-0.1, -0.05) is 30.6 Å². The summed E-state index contributed by atoms with van der Waals surface area (Å²) in [4.78, 5) is 4.63. The number of fused-ring (bicyclic) bond motifs is 1. The molecule has 0 amide bonds. The number of anilines is 1. The molecular weight excluding hydrogens is 298 g/mol. The summed E-state index contributed by atoms with van der Waals surface area (Å²) >= 11 is 7.08. The number of nitrogens with one attached hydrogen (secondary N) is 2. The molecule has 1 saturated carbocycles. The highest BCUT2D eigenvalue weighted by Gasteiger charge is 2.14. The van der Waals surface area contributed by atoms with Crippen LogP contribution in [0.3, 0.4) is 0 Å². The fourth-order valence-electron chi connectivity index (χ4n) is 2.80. The molecule has 1 aromatic heterocycles. The zero-order chi connectivity index (χ0) is 14.8. The van der Waals surface area contributed by atoms with E-state index in [0.29, 0.717) is 11.2 Å². The third-order valence-electron chi connectivity index (χ3n) is 4.16. The van der Waals surface area contributed by atoms with Gasteiger partial charge in [-0.05, 0) is 62.2 Å². The highest BCUT2D eigenvalue weighted by atomic mass is 32.1. The molecule has 0 radical (unpaired) electrons. The number of aryl methyl sites for hydroxylation is 2. The second-order valence-electron chi connectivity index (χ2n) is 5.86. The summed E-state index contributed by atoms with van der Waals surface area (Å²) < 4.78 is 1.21. The van der Waals surface area contributed by atoms with Crippen LogP contribution in [-0.2, 0) is 0 Å². The topological polar surface area (TPSA) is 37.0 Å².